The zero-order valence-electron chi connectivity index (χ0n) is 9.34. The van der Waals surface area contributed by atoms with Gasteiger partial charge in [-0.15, -0.1) is 0 Å². The maximum absolute atomic E-state index is 8.63. The Bertz CT molecular complexity index is 104. The first-order valence-electron chi connectivity index (χ1n) is 5.53. The van der Waals surface area contributed by atoms with Crippen LogP contribution in [0.4, 0.5) is 0 Å². The first kappa shape index (κ1) is 12.9. The summed E-state index contributed by atoms with van der Waals surface area (Å²) in [5.41, 5.74) is 0. The van der Waals surface area contributed by atoms with Gasteiger partial charge in [0, 0.05) is 6.54 Å². The molecule has 1 atom stereocenters. The van der Waals surface area contributed by atoms with Crippen molar-refractivity contribution in [2.75, 3.05) is 19.7 Å². The van der Waals surface area contributed by atoms with Crippen molar-refractivity contribution in [1.82, 2.24) is 5.32 Å². The van der Waals surface area contributed by atoms with E-state index < -0.39 is 0 Å². The molecule has 0 aromatic carbocycles. The van der Waals surface area contributed by atoms with Crippen molar-refractivity contribution in [3.8, 4) is 0 Å². The fraction of sp³-hybridized carbons (Fsp3) is 1.00. The van der Waals surface area contributed by atoms with Crippen LogP contribution < -0.4 is 5.32 Å². The minimum Gasteiger partial charge on any atom is -0.395 e. The maximum Gasteiger partial charge on any atom is 0.0555 e. The molecule has 0 spiro atoms. The van der Waals surface area contributed by atoms with E-state index in [1.165, 1.54) is 19.3 Å². The lowest BCUT2D eigenvalue weighted by molar-refractivity contribution is 0.274. The molecule has 0 fully saturated rings. The predicted octanol–water partition coefficient (Wildman–Crippen LogP) is 2.03. The molecule has 0 heterocycles. The molecular weight excluding hydrogens is 162 g/mol. The lowest BCUT2D eigenvalue weighted by Crippen LogP contribution is -2.28. The highest BCUT2D eigenvalue weighted by molar-refractivity contribution is 4.65. The van der Waals surface area contributed by atoms with Gasteiger partial charge in [-0.3, -0.25) is 0 Å². The highest BCUT2D eigenvalue weighted by Gasteiger charge is 2.11. The summed E-state index contributed by atoms with van der Waals surface area (Å²) in [6, 6.07) is 0. The predicted molar refractivity (Wildman–Crippen MR) is 57.8 cm³/mol. The summed E-state index contributed by atoms with van der Waals surface area (Å²) in [6.07, 6.45) is 3.92. The van der Waals surface area contributed by atoms with Crippen molar-refractivity contribution in [2.24, 2.45) is 11.8 Å². The monoisotopic (exact) mass is 187 g/mol. The molecule has 0 aliphatic heterocycles. The molecule has 2 heteroatoms. The van der Waals surface area contributed by atoms with Gasteiger partial charge in [-0.2, -0.15) is 0 Å². The molecule has 0 aliphatic rings. The van der Waals surface area contributed by atoms with Gasteiger partial charge in [-0.05, 0) is 24.8 Å². The van der Waals surface area contributed by atoms with Gasteiger partial charge in [0.15, 0.2) is 0 Å². The molecule has 80 valence electrons. The van der Waals surface area contributed by atoms with Crippen molar-refractivity contribution < 1.29 is 5.11 Å². The molecule has 2 N–H and O–H groups in total. The van der Waals surface area contributed by atoms with Crippen LogP contribution in [0.5, 0.6) is 0 Å². The number of rotatable bonds is 8. The Balaban J connectivity index is 3.54. The Hall–Kier alpha value is -0.0800. The number of hydrogen-bond acceptors (Lipinski definition) is 2. The largest absolute Gasteiger partial charge is 0.395 e. The summed E-state index contributed by atoms with van der Waals surface area (Å²) in [4.78, 5) is 0. The highest BCUT2D eigenvalue weighted by Crippen LogP contribution is 2.16. The topological polar surface area (TPSA) is 32.3 Å². The van der Waals surface area contributed by atoms with Crippen LogP contribution in [0.15, 0.2) is 0 Å². The number of hydrogen-bond donors (Lipinski definition) is 2. The summed E-state index contributed by atoms with van der Waals surface area (Å²) < 4.78 is 0. The smallest absolute Gasteiger partial charge is 0.0555 e. The van der Waals surface area contributed by atoms with Crippen molar-refractivity contribution in [2.45, 2.75) is 40.0 Å². The maximum atomic E-state index is 8.63. The van der Waals surface area contributed by atoms with Crippen molar-refractivity contribution in [1.29, 1.82) is 0 Å². The fourth-order valence-electron chi connectivity index (χ4n) is 1.50. The van der Waals surface area contributed by atoms with Crippen molar-refractivity contribution >= 4 is 0 Å². The molecule has 0 amide bonds. The van der Waals surface area contributed by atoms with E-state index in [9.17, 15) is 0 Å². The lowest BCUT2D eigenvalue weighted by atomic mass is 9.90. The molecule has 0 aromatic rings. The highest BCUT2D eigenvalue weighted by atomic mass is 16.3. The van der Waals surface area contributed by atoms with E-state index in [4.69, 9.17) is 5.11 Å². The van der Waals surface area contributed by atoms with Gasteiger partial charge in [0.05, 0.1) is 6.61 Å². The second-order valence-electron chi connectivity index (χ2n) is 4.07. The second kappa shape index (κ2) is 8.52. The van der Waals surface area contributed by atoms with Gasteiger partial charge < -0.3 is 10.4 Å². The summed E-state index contributed by atoms with van der Waals surface area (Å²) in [7, 11) is 0. The van der Waals surface area contributed by atoms with Crippen LogP contribution >= 0.6 is 0 Å². The third-order valence-electron chi connectivity index (χ3n) is 2.57. The first-order chi connectivity index (χ1) is 6.22. The number of unbranched alkanes of at least 4 members (excludes halogenated alkanes) is 1. The number of aliphatic hydroxyl groups excluding tert-OH is 1. The average Bonchev–Trinajstić information content (AvgIpc) is 2.10. The molecule has 0 bridgehead atoms. The Kier molecular flexibility index (Phi) is 8.46. The standard InChI is InChI=1S/C11H25NO/c1-4-5-6-11(10(2)3)9-12-7-8-13/h10-13H,4-9H2,1-3H3/t11-/m1/s1. The minimum absolute atomic E-state index is 0.249. The Morgan fingerprint density at radius 2 is 2.00 bits per heavy atom. The zero-order chi connectivity index (χ0) is 10.1. The van der Waals surface area contributed by atoms with E-state index in [2.05, 4.69) is 26.1 Å². The molecule has 0 rings (SSSR count). The van der Waals surface area contributed by atoms with Gasteiger partial charge in [0.2, 0.25) is 0 Å². The molecule has 13 heavy (non-hydrogen) atoms. The van der Waals surface area contributed by atoms with E-state index >= 15 is 0 Å². The van der Waals surface area contributed by atoms with Crippen LogP contribution in [0, 0.1) is 11.8 Å². The van der Waals surface area contributed by atoms with E-state index in [-0.39, 0.29) is 6.61 Å². The van der Waals surface area contributed by atoms with Crippen LogP contribution in [0.2, 0.25) is 0 Å². The van der Waals surface area contributed by atoms with Gasteiger partial charge in [-0.1, -0.05) is 33.6 Å². The molecule has 0 aromatic heterocycles. The molecule has 0 aliphatic carbocycles. The van der Waals surface area contributed by atoms with Gasteiger partial charge in [-0.25, -0.2) is 0 Å². The number of aliphatic hydroxyl groups is 1. The zero-order valence-corrected chi connectivity index (χ0v) is 9.34. The molecular formula is C11H25NO. The lowest BCUT2D eigenvalue weighted by Gasteiger charge is -2.20. The minimum atomic E-state index is 0.249. The Morgan fingerprint density at radius 1 is 1.31 bits per heavy atom. The summed E-state index contributed by atoms with van der Waals surface area (Å²) in [5, 5.41) is 11.9. The third-order valence-corrected chi connectivity index (χ3v) is 2.57. The summed E-state index contributed by atoms with van der Waals surface area (Å²) in [5.74, 6) is 1.52. The van der Waals surface area contributed by atoms with Crippen LogP contribution in [0.3, 0.4) is 0 Å². The van der Waals surface area contributed by atoms with Gasteiger partial charge in [0.25, 0.3) is 0 Å². The first-order valence-corrected chi connectivity index (χ1v) is 5.53. The van der Waals surface area contributed by atoms with E-state index in [1.54, 1.807) is 0 Å². The SMILES string of the molecule is CCCC[C@H](CNCCO)C(C)C. The molecule has 0 saturated heterocycles. The third kappa shape index (κ3) is 7.03. The Labute approximate surface area is 82.7 Å². The fourth-order valence-corrected chi connectivity index (χ4v) is 1.50. The van der Waals surface area contributed by atoms with Gasteiger partial charge >= 0.3 is 0 Å². The molecule has 2 nitrogen and oxygen atoms in total. The summed E-state index contributed by atoms with van der Waals surface area (Å²) in [6.45, 7) is 8.83. The second-order valence-corrected chi connectivity index (χ2v) is 4.07. The van der Waals surface area contributed by atoms with E-state index in [1.807, 2.05) is 0 Å². The average molecular weight is 187 g/mol. The molecule has 0 radical (unpaired) electrons. The quantitative estimate of drug-likeness (QED) is 0.570. The van der Waals surface area contributed by atoms with Crippen LogP contribution in [0.25, 0.3) is 0 Å². The Morgan fingerprint density at radius 3 is 2.46 bits per heavy atom. The normalized spacial score (nSPS) is 13.6. The van der Waals surface area contributed by atoms with Crippen molar-refractivity contribution in [3.63, 3.8) is 0 Å². The van der Waals surface area contributed by atoms with Crippen LogP contribution in [-0.4, -0.2) is 24.8 Å². The van der Waals surface area contributed by atoms with Crippen LogP contribution in [-0.2, 0) is 0 Å². The number of nitrogens with one attached hydrogen (secondary N) is 1. The van der Waals surface area contributed by atoms with Crippen molar-refractivity contribution in [3.05, 3.63) is 0 Å². The van der Waals surface area contributed by atoms with E-state index in [0.29, 0.717) is 0 Å². The summed E-state index contributed by atoms with van der Waals surface area (Å²) >= 11 is 0. The van der Waals surface area contributed by atoms with Crippen LogP contribution in [0.1, 0.15) is 40.0 Å². The van der Waals surface area contributed by atoms with E-state index in [0.717, 1.165) is 24.9 Å². The molecule has 0 saturated carbocycles. The molecule has 0 unspecified atom stereocenters. The van der Waals surface area contributed by atoms with Gasteiger partial charge in [0.1, 0.15) is 0 Å².